The van der Waals surface area contributed by atoms with Crippen LogP contribution in [0.1, 0.15) is 51.0 Å². The summed E-state index contributed by atoms with van der Waals surface area (Å²) >= 11 is 0. The first-order valence-corrected chi connectivity index (χ1v) is 8.19. The maximum Gasteiger partial charge on any atom is 0.240 e. The summed E-state index contributed by atoms with van der Waals surface area (Å²) in [6.45, 7) is 1.87. The maximum absolute atomic E-state index is 12.5. The highest BCUT2D eigenvalue weighted by molar-refractivity contribution is 5.86. The molecule has 1 fully saturated rings. The molecule has 1 aromatic carbocycles. The van der Waals surface area contributed by atoms with E-state index in [1.165, 1.54) is 0 Å². The standard InChI is InChI=1S/C18H23N3O2/c1-13(21-17(22)18(19)10-6-3-7-11-18)16-20-12-15(23-16)14-8-4-2-5-9-14/h2,4-5,8-9,12-13H,3,6-7,10-11,19H2,1H3,(H,21,22). The number of amides is 1. The van der Waals surface area contributed by atoms with Crippen LogP contribution in [0.5, 0.6) is 0 Å². The zero-order chi connectivity index (χ0) is 16.3. The largest absolute Gasteiger partial charge is 0.438 e. The Bertz CT molecular complexity index is 660. The van der Waals surface area contributed by atoms with E-state index in [0.29, 0.717) is 11.7 Å². The first-order valence-electron chi connectivity index (χ1n) is 8.19. The molecule has 0 saturated heterocycles. The molecule has 1 heterocycles. The van der Waals surface area contributed by atoms with Gasteiger partial charge in [-0.3, -0.25) is 4.79 Å². The minimum absolute atomic E-state index is 0.107. The number of benzene rings is 1. The van der Waals surface area contributed by atoms with Crippen LogP contribution in [0.2, 0.25) is 0 Å². The summed E-state index contributed by atoms with van der Waals surface area (Å²) in [6.07, 6.45) is 6.35. The van der Waals surface area contributed by atoms with E-state index in [1.807, 2.05) is 37.3 Å². The third-order valence-corrected chi connectivity index (χ3v) is 4.50. The lowest BCUT2D eigenvalue weighted by Crippen LogP contribution is -2.55. The third kappa shape index (κ3) is 3.45. The number of oxazole rings is 1. The Morgan fingerprint density at radius 1 is 1.26 bits per heavy atom. The summed E-state index contributed by atoms with van der Waals surface area (Å²) < 4.78 is 5.79. The maximum atomic E-state index is 12.5. The van der Waals surface area contributed by atoms with Gasteiger partial charge >= 0.3 is 0 Å². The molecule has 1 unspecified atom stereocenters. The van der Waals surface area contributed by atoms with E-state index in [4.69, 9.17) is 10.2 Å². The van der Waals surface area contributed by atoms with E-state index in [-0.39, 0.29) is 11.9 Å². The van der Waals surface area contributed by atoms with Crippen LogP contribution in [-0.2, 0) is 4.79 Å². The van der Waals surface area contributed by atoms with Crippen molar-refractivity contribution in [3.63, 3.8) is 0 Å². The van der Waals surface area contributed by atoms with E-state index in [1.54, 1.807) is 6.20 Å². The fourth-order valence-electron chi connectivity index (χ4n) is 3.04. The lowest BCUT2D eigenvalue weighted by atomic mass is 9.82. The summed E-state index contributed by atoms with van der Waals surface area (Å²) in [5, 5.41) is 2.95. The van der Waals surface area contributed by atoms with E-state index >= 15 is 0 Å². The molecule has 1 saturated carbocycles. The molecule has 1 aliphatic carbocycles. The molecule has 5 heteroatoms. The number of rotatable bonds is 4. The minimum Gasteiger partial charge on any atom is -0.438 e. The fourth-order valence-corrected chi connectivity index (χ4v) is 3.04. The molecule has 23 heavy (non-hydrogen) atoms. The van der Waals surface area contributed by atoms with Gasteiger partial charge in [-0.25, -0.2) is 4.98 Å². The van der Waals surface area contributed by atoms with E-state index in [0.717, 1.165) is 37.7 Å². The zero-order valence-electron chi connectivity index (χ0n) is 13.4. The van der Waals surface area contributed by atoms with Crippen molar-refractivity contribution in [2.75, 3.05) is 0 Å². The number of aromatic nitrogens is 1. The second kappa shape index (κ2) is 6.54. The average Bonchev–Trinajstić information content (AvgIpc) is 3.06. The lowest BCUT2D eigenvalue weighted by Gasteiger charge is -2.32. The van der Waals surface area contributed by atoms with Crippen LogP contribution >= 0.6 is 0 Å². The molecule has 1 amide bonds. The predicted octanol–water partition coefficient (Wildman–Crippen LogP) is 3.18. The molecule has 3 rings (SSSR count). The summed E-state index contributed by atoms with van der Waals surface area (Å²) in [5.74, 6) is 1.09. The van der Waals surface area contributed by atoms with Crippen molar-refractivity contribution in [3.8, 4) is 11.3 Å². The van der Waals surface area contributed by atoms with Crippen molar-refractivity contribution in [1.82, 2.24) is 10.3 Å². The molecule has 0 spiro atoms. The summed E-state index contributed by atoms with van der Waals surface area (Å²) in [6, 6.07) is 9.47. The summed E-state index contributed by atoms with van der Waals surface area (Å²) in [7, 11) is 0. The van der Waals surface area contributed by atoms with Gasteiger partial charge in [0.1, 0.15) is 6.04 Å². The highest BCUT2D eigenvalue weighted by Gasteiger charge is 2.36. The highest BCUT2D eigenvalue weighted by atomic mass is 16.4. The van der Waals surface area contributed by atoms with Crippen LogP contribution < -0.4 is 11.1 Å². The van der Waals surface area contributed by atoms with E-state index < -0.39 is 5.54 Å². The van der Waals surface area contributed by atoms with Gasteiger partial charge in [0.05, 0.1) is 11.7 Å². The van der Waals surface area contributed by atoms with Gasteiger partial charge in [0, 0.05) is 5.56 Å². The molecule has 2 aromatic rings. The Morgan fingerprint density at radius 2 is 1.96 bits per heavy atom. The van der Waals surface area contributed by atoms with Crippen molar-refractivity contribution in [2.45, 2.75) is 50.6 Å². The zero-order valence-corrected chi connectivity index (χ0v) is 13.4. The number of nitrogens with one attached hydrogen (secondary N) is 1. The van der Waals surface area contributed by atoms with Crippen LogP contribution in [0, 0.1) is 0 Å². The second-order valence-corrected chi connectivity index (χ2v) is 6.34. The summed E-state index contributed by atoms with van der Waals surface area (Å²) in [4.78, 5) is 16.8. The molecule has 3 N–H and O–H groups in total. The topological polar surface area (TPSA) is 81.2 Å². The number of carbonyl (C=O) groups excluding carboxylic acids is 1. The molecule has 5 nitrogen and oxygen atoms in total. The smallest absolute Gasteiger partial charge is 0.240 e. The fraction of sp³-hybridized carbons (Fsp3) is 0.444. The Balaban J connectivity index is 1.68. The van der Waals surface area contributed by atoms with Crippen molar-refractivity contribution in [3.05, 3.63) is 42.4 Å². The Morgan fingerprint density at radius 3 is 2.65 bits per heavy atom. The average molecular weight is 313 g/mol. The normalized spacial score (nSPS) is 18.3. The van der Waals surface area contributed by atoms with Gasteiger partial charge in [0.15, 0.2) is 5.76 Å². The molecular formula is C18H23N3O2. The van der Waals surface area contributed by atoms with Gasteiger partial charge in [-0.2, -0.15) is 0 Å². The van der Waals surface area contributed by atoms with Gasteiger partial charge in [-0.05, 0) is 19.8 Å². The number of nitrogens with two attached hydrogens (primary N) is 1. The second-order valence-electron chi connectivity index (χ2n) is 6.34. The number of nitrogens with zero attached hydrogens (tertiary/aromatic N) is 1. The lowest BCUT2D eigenvalue weighted by molar-refractivity contribution is -0.128. The van der Waals surface area contributed by atoms with Gasteiger partial charge in [0.25, 0.3) is 0 Å². The Kier molecular flexibility index (Phi) is 4.48. The first kappa shape index (κ1) is 15.7. The van der Waals surface area contributed by atoms with Gasteiger partial charge in [-0.1, -0.05) is 49.6 Å². The van der Waals surface area contributed by atoms with Crippen molar-refractivity contribution in [2.24, 2.45) is 5.73 Å². The molecule has 122 valence electrons. The van der Waals surface area contributed by atoms with Crippen LogP contribution in [0.4, 0.5) is 0 Å². The van der Waals surface area contributed by atoms with Crippen LogP contribution in [-0.4, -0.2) is 16.4 Å². The summed E-state index contributed by atoms with van der Waals surface area (Å²) in [5.41, 5.74) is 6.48. The van der Waals surface area contributed by atoms with Crippen molar-refractivity contribution < 1.29 is 9.21 Å². The van der Waals surface area contributed by atoms with Crippen LogP contribution in [0.25, 0.3) is 11.3 Å². The van der Waals surface area contributed by atoms with E-state index in [2.05, 4.69) is 10.3 Å². The number of hydrogen-bond donors (Lipinski definition) is 2. The quantitative estimate of drug-likeness (QED) is 0.908. The predicted molar refractivity (Wildman–Crippen MR) is 88.5 cm³/mol. The van der Waals surface area contributed by atoms with E-state index in [9.17, 15) is 4.79 Å². The number of carbonyl (C=O) groups is 1. The highest BCUT2D eigenvalue weighted by Crippen LogP contribution is 2.27. The molecule has 0 bridgehead atoms. The third-order valence-electron chi connectivity index (χ3n) is 4.50. The number of hydrogen-bond acceptors (Lipinski definition) is 4. The molecule has 1 aromatic heterocycles. The SMILES string of the molecule is CC(NC(=O)C1(N)CCCCC1)c1ncc(-c2ccccc2)o1. The molecule has 0 aliphatic heterocycles. The van der Waals surface area contributed by atoms with Crippen LogP contribution in [0.3, 0.4) is 0 Å². The Labute approximate surface area is 136 Å². The molecule has 1 aliphatic rings. The van der Waals surface area contributed by atoms with Crippen LogP contribution in [0.15, 0.2) is 40.9 Å². The minimum atomic E-state index is -0.749. The van der Waals surface area contributed by atoms with Gasteiger partial charge < -0.3 is 15.5 Å². The van der Waals surface area contributed by atoms with Gasteiger partial charge in [0.2, 0.25) is 11.8 Å². The van der Waals surface area contributed by atoms with Crippen molar-refractivity contribution in [1.29, 1.82) is 0 Å². The van der Waals surface area contributed by atoms with Crippen molar-refractivity contribution >= 4 is 5.91 Å². The first-order chi connectivity index (χ1) is 11.1. The monoisotopic (exact) mass is 313 g/mol. The molecule has 0 radical (unpaired) electrons. The molecule has 1 atom stereocenters. The Hall–Kier alpha value is -2.14. The van der Waals surface area contributed by atoms with Gasteiger partial charge in [-0.15, -0.1) is 0 Å². The molecular weight excluding hydrogens is 290 g/mol.